The molecule has 15 heteroatoms. The molecule has 230 valence electrons. The molecule has 0 aliphatic heterocycles. The summed E-state index contributed by atoms with van der Waals surface area (Å²) in [5, 5.41) is 3.62. The lowest BCUT2D eigenvalue weighted by atomic mass is 9.61. The van der Waals surface area contributed by atoms with E-state index in [1.54, 1.807) is 22.8 Å². The van der Waals surface area contributed by atoms with E-state index in [0.29, 0.717) is 22.6 Å². The molecule has 4 aromatic rings. The molecule has 2 aliphatic rings. The third kappa shape index (κ3) is 5.34. The molecular weight excluding hydrogens is 605 g/mol. The second-order valence-corrected chi connectivity index (χ2v) is 13.1. The average Bonchev–Trinajstić information content (AvgIpc) is 3.60. The first-order valence-electron chi connectivity index (χ1n) is 13.5. The van der Waals surface area contributed by atoms with Crippen molar-refractivity contribution in [3.05, 3.63) is 89.5 Å². The Kier molecular flexibility index (Phi) is 7.27. The maximum Gasteiger partial charge on any atom is 0.402 e. The molecule has 0 radical (unpaired) electrons. The number of benzene rings is 1. The summed E-state index contributed by atoms with van der Waals surface area (Å²) >= 11 is 0. The van der Waals surface area contributed by atoms with Gasteiger partial charge in [0.1, 0.15) is 30.2 Å². The minimum Gasteiger partial charge on any atom is -0.299 e. The van der Waals surface area contributed by atoms with Crippen LogP contribution in [0.3, 0.4) is 0 Å². The van der Waals surface area contributed by atoms with Crippen molar-refractivity contribution >= 4 is 27.4 Å². The van der Waals surface area contributed by atoms with Crippen LogP contribution in [0, 0.1) is 17.0 Å². The van der Waals surface area contributed by atoms with Crippen molar-refractivity contribution in [3.63, 3.8) is 0 Å². The normalized spacial score (nSPS) is 21.3. The van der Waals surface area contributed by atoms with Gasteiger partial charge in [0.25, 0.3) is 0 Å². The van der Waals surface area contributed by atoms with E-state index in [9.17, 15) is 31.0 Å². The van der Waals surface area contributed by atoms with Gasteiger partial charge in [-0.1, -0.05) is 5.57 Å². The predicted molar refractivity (Wildman–Crippen MR) is 151 cm³/mol. The van der Waals surface area contributed by atoms with Crippen LogP contribution in [0.2, 0.25) is 0 Å². The van der Waals surface area contributed by atoms with Crippen LogP contribution < -0.4 is 0 Å². The van der Waals surface area contributed by atoms with Crippen LogP contribution in [0.15, 0.2) is 66.0 Å². The summed E-state index contributed by atoms with van der Waals surface area (Å²) in [6.07, 6.45) is 0.906. The first-order chi connectivity index (χ1) is 20.8. The van der Waals surface area contributed by atoms with E-state index in [0.717, 1.165) is 22.6 Å². The zero-order valence-corrected chi connectivity index (χ0v) is 24.2. The van der Waals surface area contributed by atoms with Gasteiger partial charge >= 0.3 is 6.18 Å². The van der Waals surface area contributed by atoms with E-state index in [1.165, 1.54) is 36.5 Å². The molecule has 6 rings (SSSR count). The summed E-state index contributed by atoms with van der Waals surface area (Å²) in [6.45, 7) is -1.58. The van der Waals surface area contributed by atoms with Crippen molar-refractivity contribution in [3.8, 4) is 5.69 Å². The van der Waals surface area contributed by atoms with Crippen LogP contribution in [0.1, 0.15) is 41.1 Å². The lowest BCUT2D eigenvalue weighted by molar-refractivity contribution is -0.140. The van der Waals surface area contributed by atoms with E-state index >= 15 is 0 Å². The van der Waals surface area contributed by atoms with Crippen LogP contribution in [-0.4, -0.2) is 68.2 Å². The number of imidazole rings is 1. The quantitative estimate of drug-likeness (QED) is 0.168. The van der Waals surface area contributed by atoms with Crippen LogP contribution in [0.25, 0.3) is 11.8 Å². The SMILES string of the molecule is C=S(=O)(c1ncn(C)n1)N(CC(F)(F)F)[C@H]1CCC2=Cc3c(ncn3-c3ccc(F)cc3)C[C@]2(C(=O)c2cc(F)ccn2)C1. The van der Waals surface area contributed by atoms with Crippen LogP contribution >= 0.6 is 0 Å². The Bertz CT molecular complexity index is 1880. The number of allylic oxidation sites excluding steroid dienone is 1. The van der Waals surface area contributed by atoms with Gasteiger partial charge in [-0.25, -0.2) is 27.3 Å². The molecule has 2 aliphatic carbocycles. The number of halogens is 5. The molecular formula is C29H26F5N7O2S. The number of aryl methyl sites for hydroxylation is 1. The molecule has 1 unspecified atom stereocenters. The summed E-state index contributed by atoms with van der Waals surface area (Å²) in [4.78, 5) is 26.8. The highest BCUT2D eigenvalue weighted by Gasteiger charge is 2.52. The van der Waals surface area contributed by atoms with Crippen LogP contribution in [0.4, 0.5) is 22.0 Å². The lowest BCUT2D eigenvalue weighted by Gasteiger charge is -2.47. The highest BCUT2D eigenvalue weighted by atomic mass is 32.2. The maximum atomic E-state index is 14.3. The minimum atomic E-state index is -4.76. The van der Waals surface area contributed by atoms with E-state index < -0.39 is 51.3 Å². The number of aromatic nitrogens is 6. The number of fused-ring (bicyclic) bond motifs is 2. The molecule has 1 aromatic carbocycles. The molecule has 0 N–H and O–H groups in total. The smallest absolute Gasteiger partial charge is 0.299 e. The Hall–Kier alpha value is -4.24. The molecule has 0 spiro atoms. The molecule has 3 atom stereocenters. The van der Waals surface area contributed by atoms with Crippen molar-refractivity contribution in [2.75, 3.05) is 6.54 Å². The fourth-order valence-electron chi connectivity index (χ4n) is 6.10. The number of nitrogens with zero attached hydrogens (tertiary/aromatic N) is 7. The summed E-state index contributed by atoms with van der Waals surface area (Å²) < 4.78 is 87.5. The van der Waals surface area contributed by atoms with Crippen LogP contribution in [-0.2, 0) is 23.2 Å². The van der Waals surface area contributed by atoms with Crippen molar-refractivity contribution in [1.29, 1.82) is 0 Å². The molecule has 3 heterocycles. The van der Waals surface area contributed by atoms with Gasteiger partial charge in [-0.3, -0.25) is 19.0 Å². The number of alkyl halides is 3. The van der Waals surface area contributed by atoms with Gasteiger partial charge in [-0.15, -0.1) is 5.10 Å². The zero-order chi connectivity index (χ0) is 31.4. The van der Waals surface area contributed by atoms with Gasteiger partial charge < -0.3 is 0 Å². The number of hydrogen-bond acceptors (Lipinski definition) is 6. The molecule has 0 bridgehead atoms. The summed E-state index contributed by atoms with van der Waals surface area (Å²) in [6, 6.07) is 6.76. The first-order valence-corrected chi connectivity index (χ1v) is 15.2. The Morgan fingerprint density at radius 2 is 1.86 bits per heavy atom. The topological polar surface area (TPSA) is 98.8 Å². The summed E-state index contributed by atoms with van der Waals surface area (Å²) in [5.74, 6) is 1.94. The van der Waals surface area contributed by atoms with Crippen molar-refractivity contribution in [2.45, 2.75) is 43.1 Å². The van der Waals surface area contributed by atoms with Gasteiger partial charge in [-0.05, 0) is 61.5 Å². The fourth-order valence-corrected chi connectivity index (χ4v) is 7.79. The highest BCUT2D eigenvalue weighted by Crippen LogP contribution is 2.51. The van der Waals surface area contributed by atoms with E-state index in [4.69, 9.17) is 0 Å². The Labute approximate surface area is 249 Å². The number of carbonyl (C=O) groups excluding carboxylic acids is 1. The Morgan fingerprint density at radius 1 is 1.11 bits per heavy atom. The largest absolute Gasteiger partial charge is 0.402 e. The third-order valence-corrected chi connectivity index (χ3v) is 10.0. The summed E-state index contributed by atoms with van der Waals surface area (Å²) in [7, 11) is -2.37. The van der Waals surface area contributed by atoms with Gasteiger partial charge in [0.05, 0.1) is 32.8 Å². The molecule has 1 fully saturated rings. The number of Topliss-reactive ketones (excluding diaryl/α,β-unsaturated/α-hetero) is 1. The highest BCUT2D eigenvalue weighted by molar-refractivity contribution is 7.98. The average molecular weight is 632 g/mol. The number of ketones is 1. The van der Waals surface area contributed by atoms with Gasteiger partial charge in [0.2, 0.25) is 5.16 Å². The number of rotatable bonds is 7. The first kappa shape index (κ1) is 29.8. The van der Waals surface area contributed by atoms with Crippen LogP contribution in [0.5, 0.6) is 0 Å². The third-order valence-electron chi connectivity index (χ3n) is 8.09. The number of hydrogen-bond donors (Lipinski definition) is 0. The lowest BCUT2D eigenvalue weighted by Crippen LogP contribution is -2.53. The zero-order valence-electron chi connectivity index (χ0n) is 23.3. The second-order valence-electron chi connectivity index (χ2n) is 11.0. The van der Waals surface area contributed by atoms with E-state index in [-0.39, 0.29) is 36.5 Å². The summed E-state index contributed by atoms with van der Waals surface area (Å²) in [5.41, 5.74) is 0.642. The van der Waals surface area contributed by atoms with E-state index in [1.807, 2.05) is 0 Å². The van der Waals surface area contributed by atoms with Crippen molar-refractivity contribution < 1.29 is 31.0 Å². The molecule has 3 aromatic heterocycles. The molecule has 9 nitrogen and oxygen atoms in total. The Balaban J connectivity index is 1.46. The standard InChI is InChI=1S/C29H26F5N7O2S/c1-39-16-37-27(38-39)44(2,43)41(15-29(32,33)34)22-6-3-18-11-25-24(36-17-40(25)21-7-4-19(30)5-8-21)14-28(18,13-22)26(42)23-12-20(31)9-10-35-23/h4-5,7-12,16-17,22H,2-3,6,13-15H2,1H3/t22-,28+,44?/m0/s1. The molecule has 0 saturated heterocycles. The number of carbonyl (C=O) groups is 1. The predicted octanol–water partition coefficient (Wildman–Crippen LogP) is 4.59. The Morgan fingerprint density at radius 3 is 2.52 bits per heavy atom. The van der Waals surface area contributed by atoms with Crippen molar-refractivity contribution in [2.24, 2.45) is 12.5 Å². The molecule has 44 heavy (non-hydrogen) atoms. The van der Waals surface area contributed by atoms with Gasteiger partial charge in [-0.2, -0.15) is 13.2 Å². The van der Waals surface area contributed by atoms with Gasteiger partial charge in [0, 0.05) is 37.5 Å². The monoisotopic (exact) mass is 631 g/mol. The number of pyridine rings is 1. The molecule has 1 saturated carbocycles. The second kappa shape index (κ2) is 10.7. The fraction of sp³-hybridized carbons (Fsp3) is 0.310. The van der Waals surface area contributed by atoms with Gasteiger partial charge in [0.15, 0.2) is 5.78 Å². The molecule has 0 amide bonds. The van der Waals surface area contributed by atoms with Crippen molar-refractivity contribution in [1.82, 2.24) is 33.6 Å². The maximum absolute atomic E-state index is 14.3. The van der Waals surface area contributed by atoms with E-state index in [2.05, 4.69) is 25.9 Å². The minimum absolute atomic E-state index is 0.0318.